The van der Waals surface area contributed by atoms with Gasteiger partial charge in [-0.05, 0) is 52.0 Å². The Morgan fingerprint density at radius 1 is 0.529 bits per heavy atom. The molecule has 3 aliphatic rings. The Morgan fingerprint density at radius 2 is 0.882 bits per heavy atom. The van der Waals surface area contributed by atoms with Gasteiger partial charge in [0, 0.05) is 11.1 Å². The van der Waals surface area contributed by atoms with Crippen molar-refractivity contribution in [1.82, 2.24) is 4.90 Å². The van der Waals surface area contributed by atoms with E-state index < -0.39 is 0 Å². The molecule has 1 nitrogen and oxygen atoms in total. The number of nitrogens with zero attached hydrogens (tertiary/aromatic N) is 1. The van der Waals surface area contributed by atoms with Crippen LogP contribution in [0.2, 0.25) is 0 Å². The Hall–Kier alpha value is -0.0400. The zero-order valence-corrected chi connectivity index (χ0v) is 11.6. The molecule has 2 saturated carbocycles. The van der Waals surface area contributed by atoms with Gasteiger partial charge in [0.15, 0.2) is 0 Å². The highest BCUT2D eigenvalue weighted by atomic mass is 15.3. The molecule has 0 atom stereocenters. The number of piperidine rings is 1. The van der Waals surface area contributed by atoms with E-state index in [1.54, 1.807) is 0 Å². The van der Waals surface area contributed by atoms with Crippen molar-refractivity contribution in [3.63, 3.8) is 0 Å². The van der Waals surface area contributed by atoms with Crippen molar-refractivity contribution in [1.29, 1.82) is 0 Å². The monoisotopic (exact) mass is 235 g/mol. The van der Waals surface area contributed by atoms with E-state index in [1.165, 1.54) is 83.5 Å². The molecule has 0 aromatic carbocycles. The van der Waals surface area contributed by atoms with Crippen LogP contribution in [0.1, 0.15) is 83.5 Å². The molecule has 3 rings (SSSR count). The standard InChI is InChI=1S/C16H29N/c1-17-15(9-4-2-5-10-15)13-8-14-16(17)11-6-3-7-12-16/h2-14H2,1H3. The van der Waals surface area contributed by atoms with Gasteiger partial charge in [0.05, 0.1) is 0 Å². The summed E-state index contributed by atoms with van der Waals surface area (Å²) in [6.45, 7) is 0. The smallest absolute Gasteiger partial charge is 0.0212 e. The van der Waals surface area contributed by atoms with Gasteiger partial charge >= 0.3 is 0 Å². The fourth-order valence-electron chi connectivity index (χ4n) is 5.18. The Balaban J connectivity index is 1.82. The molecule has 0 unspecified atom stereocenters. The van der Waals surface area contributed by atoms with Gasteiger partial charge in [-0.25, -0.2) is 0 Å². The largest absolute Gasteiger partial charge is 0.295 e. The molecule has 1 aliphatic heterocycles. The third-order valence-corrected chi connectivity index (χ3v) is 6.28. The van der Waals surface area contributed by atoms with Crippen LogP contribution in [0.4, 0.5) is 0 Å². The van der Waals surface area contributed by atoms with Gasteiger partial charge in [-0.3, -0.25) is 4.90 Å². The van der Waals surface area contributed by atoms with Crippen LogP contribution in [0.3, 0.4) is 0 Å². The molecule has 2 aliphatic carbocycles. The Morgan fingerprint density at radius 3 is 1.29 bits per heavy atom. The topological polar surface area (TPSA) is 3.24 Å². The number of hydrogen-bond donors (Lipinski definition) is 0. The molecule has 98 valence electrons. The zero-order valence-electron chi connectivity index (χ0n) is 11.6. The molecule has 1 heteroatoms. The molecule has 3 fully saturated rings. The summed E-state index contributed by atoms with van der Waals surface area (Å²) in [6.07, 6.45) is 19.4. The molecule has 0 amide bonds. The summed E-state index contributed by atoms with van der Waals surface area (Å²) in [6, 6.07) is 0. The number of hydrogen-bond acceptors (Lipinski definition) is 1. The van der Waals surface area contributed by atoms with E-state index >= 15 is 0 Å². The molecule has 17 heavy (non-hydrogen) atoms. The highest BCUT2D eigenvalue weighted by Gasteiger charge is 2.49. The maximum atomic E-state index is 2.90. The predicted octanol–water partition coefficient (Wildman–Crippen LogP) is 4.51. The fraction of sp³-hybridized carbons (Fsp3) is 1.00. The summed E-state index contributed by atoms with van der Waals surface area (Å²) >= 11 is 0. The zero-order chi connectivity index (χ0) is 11.8. The lowest BCUT2D eigenvalue weighted by Gasteiger charge is -2.59. The van der Waals surface area contributed by atoms with Crippen LogP contribution in [0.25, 0.3) is 0 Å². The van der Waals surface area contributed by atoms with Crippen molar-refractivity contribution < 1.29 is 0 Å². The van der Waals surface area contributed by atoms with Crippen molar-refractivity contribution in [2.75, 3.05) is 7.05 Å². The van der Waals surface area contributed by atoms with Crippen molar-refractivity contribution >= 4 is 0 Å². The van der Waals surface area contributed by atoms with Crippen molar-refractivity contribution in [2.24, 2.45) is 0 Å². The molecule has 0 aromatic heterocycles. The van der Waals surface area contributed by atoms with Crippen LogP contribution in [-0.4, -0.2) is 23.0 Å². The maximum absolute atomic E-state index is 2.90. The molecule has 0 radical (unpaired) electrons. The fourth-order valence-corrected chi connectivity index (χ4v) is 5.18. The Kier molecular flexibility index (Phi) is 3.23. The number of rotatable bonds is 0. The lowest BCUT2D eigenvalue weighted by atomic mass is 9.66. The second-order valence-electron chi connectivity index (χ2n) is 6.98. The minimum atomic E-state index is 0.619. The van der Waals surface area contributed by atoms with Gasteiger partial charge in [-0.2, -0.15) is 0 Å². The first kappa shape index (κ1) is 12.0. The van der Waals surface area contributed by atoms with Crippen LogP contribution in [-0.2, 0) is 0 Å². The van der Waals surface area contributed by atoms with Crippen LogP contribution >= 0.6 is 0 Å². The first-order valence-corrected chi connectivity index (χ1v) is 8.02. The third kappa shape index (κ3) is 1.95. The summed E-state index contributed by atoms with van der Waals surface area (Å²) in [5, 5.41) is 0. The lowest BCUT2D eigenvalue weighted by molar-refractivity contribution is -0.0798. The second kappa shape index (κ2) is 4.57. The SMILES string of the molecule is CN1C2(CCCCC2)CCCC12CCCCC2. The van der Waals surface area contributed by atoms with Crippen LogP contribution < -0.4 is 0 Å². The van der Waals surface area contributed by atoms with Gasteiger partial charge in [0.2, 0.25) is 0 Å². The van der Waals surface area contributed by atoms with E-state index in [1.807, 2.05) is 0 Å². The van der Waals surface area contributed by atoms with Gasteiger partial charge in [0.1, 0.15) is 0 Å². The quantitative estimate of drug-likeness (QED) is 0.597. The van der Waals surface area contributed by atoms with Crippen molar-refractivity contribution in [3.05, 3.63) is 0 Å². The lowest BCUT2D eigenvalue weighted by Crippen LogP contribution is -2.62. The van der Waals surface area contributed by atoms with Crippen LogP contribution in [0.15, 0.2) is 0 Å². The second-order valence-corrected chi connectivity index (χ2v) is 6.98. The predicted molar refractivity (Wildman–Crippen MR) is 73.2 cm³/mol. The average Bonchev–Trinajstić information content (AvgIpc) is 2.39. The van der Waals surface area contributed by atoms with Crippen LogP contribution in [0, 0.1) is 0 Å². The summed E-state index contributed by atoms with van der Waals surface area (Å²) in [5.74, 6) is 0. The van der Waals surface area contributed by atoms with Gasteiger partial charge in [0.25, 0.3) is 0 Å². The maximum Gasteiger partial charge on any atom is 0.0212 e. The normalized spacial score (nSPS) is 33.0. The molecule has 1 saturated heterocycles. The molecule has 1 heterocycles. The minimum absolute atomic E-state index is 0.619. The summed E-state index contributed by atoms with van der Waals surface area (Å²) in [7, 11) is 2.48. The third-order valence-electron chi connectivity index (χ3n) is 6.28. The molecule has 2 spiro atoms. The van der Waals surface area contributed by atoms with E-state index in [9.17, 15) is 0 Å². The highest BCUT2D eigenvalue weighted by Crippen LogP contribution is 2.50. The Labute approximate surface area is 107 Å². The first-order valence-electron chi connectivity index (χ1n) is 8.02. The van der Waals surface area contributed by atoms with E-state index in [4.69, 9.17) is 0 Å². The Bertz CT molecular complexity index is 222. The number of likely N-dealkylation sites (tertiary alicyclic amines) is 1. The summed E-state index contributed by atoms with van der Waals surface area (Å²) in [4.78, 5) is 2.90. The van der Waals surface area contributed by atoms with E-state index in [-0.39, 0.29) is 0 Å². The van der Waals surface area contributed by atoms with Gasteiger partial charge < -0.3 is 0 Å². The van der Waals surface area contributed by atoms with Gasteiger partial charge in [-0.15, -0.1) is 0 Å². The minimum Gasteiger partial charge on any atom is -0.295 e. The van der Waals surface area contributed by atoms with E-state index in [0.717, 1.165) is 0 Å². The van der Waals surface area contributed by atoms with Crippen molar-refractivity contribution in [2.45, 2.75) is 94.5 Å². The first-order chi connectivity index (χ1) is 8.28. The van der Waals surface area contributed by atoms with E-state index in [2.05, 4.69) is 11.9 Å². The average molecular weight is 235 g/mol. The summed E-state index contributed by atoms with van der Waals surface area (Å²) < 4.78 is 0. The van der Waals surface area contributed by atoms with Crippen molar-refractivity contribution in [3.8, 4) is 0 Å². The summed E-state index contributed by atoms with van der Waals surface area (Å²) in [5.41, 5.74) is 1.24. The molecule has 0 aromatic rings. The van der Waals surface area contributed by atoms with Crippen LogP contribution in [0.5, 0.6) is 0 Å². The van der Waals surface area contributed by atoms with E-state index in [0.29, 0.717) is 11.1 Å². The molecular formula is C16H29N. The highest BCUT2D eigenvalue weighted by molar-refractivity contribution is 5.05. The molecular weight excluding hydrogens is 206 g/mol. The molecule has 0 bridgehead atoms. The van der Waals surface area contributed by atoms with Gasteiger partial charge in [-0.1, -0.05) is 38.5 Å². The molecule has 0 N–H and O–H groups in total.